The van der Waals surface area contributed by atoms with E-state index in [1.54, 1.807) is 12.1 Å². The van der Waals surface area contributed by atoms with Gasteiger partial charge in [-0.3, -0.25) is 9.59 Å². The van der Waals surface area contributed by atoms with Crippen molar-refractivity contribution in [1.82, 2.24) is 10.3 Å². The molecule has 0 bridgehead atoms. The van der Waals surface area contributed by atoms with Crippen LogP contribution in [0, 0.1) is 5.82 Å². The Kier molecular flexibility index (Phi) is 6.58. The molecule has 0 atom stereocenters. The standard InChI is InChI=1S/C16H16FN3O4S/c1-10(21)19-16-20-13(9-25-16)15(23)24-8-14(22)18-7-6-11-2-4-12(17)5-3-11/h2-5,9H,6-8H2,1H3,(H,18,22)(H,19,20,21). The lowest BCUT2D eigenvalue weighted by molar-refractivity contribution is -0.124. The first-order valence-electron chi connectivity index (χ1n) is 7.35. The molecule has 1 aromatic heterocycles. The molecular weight excluding hydrogens is 349 g/mol. The highest BCUT2D eigenvalue weighted by Gasteiger charge is 2.14. The Labute approximate surface area is 147 Å². The number of amides is 2. The van der Waals surface area contributed by atoms with Gasteiger partial charge in [-0.1, -0.05) is 12.1 Å². The Hall–Kier alpha value is -2.81. The van der Waals surface area contributed by atoms with Crippen LogP contribution in [0.15, 0.2) is 29.6 Å². The lowest BCUT2D eigenvalue weighted by Gasteiger charge is -2.06. The molecule has 0 saturated carbocycles. The van der Waals surface area contributed by atoms with Crippen LogP contribution in [0.2, 0.25) is 0 Å². The maximum atomic E-state index is 12.8. The van der Waals surface area contributed by atoms with Gasteiger partial charge in [-0.05, 0) is 24.1 Å². The van der Waals surface area contributed by atoms with Gasteiger partial charge in [0.15, 0.2) is 17.4 Å². The monoisotopic (exact) mass is 365 g/mol. The van der Waals surface area contributed by atoms with Crippen molar-refractivity contribution in [3.63, 3.8) is 0 Å². The number of ether oxygens (including phenoxy) is 1. The topological polar surface area (TPSA) is 97.4 Å². The second-order valence-corrected chi connectivity index (χ2v) is 5.88. The zero-order chi connectivity index (χ0) is 18.2. The number of hydrogen-bond donors (Lipinski definition) is 2. The van der Waals surface area contributed by atoms with E-state index in [0.29, 0.717) is 13.0 Å². The van der Waals surface area contributed by atoms with E-state index < -0.39 is 18.5 Å². The van der Waals surface area contributed by atoms with Gasteiger partial charge in [-0.2, -0.15) is 0 Å². The number of thiazole rings is 1. The number of carbonyl (C=O) groups excluding carboxylic acids is 3. The van der Waals surface area contributed by atoms with Crippen LogP contribution in [-0.2, 0) is 20.7 Å². The number of anilines is 1. The van der Waals surface area contributed by atoms with Crippen LogP contribution in [0.25, 0.3) is 0 Å². The Morgan fingerprint density at radius 3 is 2.64 bits per heavy atom. The van der Waals surface area contributed by atoms with E-state index in [1.807, 2.05) is 0 Å². The number of esters is 1. The van der Waals surface area contributed by atoms with Crippen LogP contribution < -0.4 is 10.6 Å². The molecule has 9 heteroatoms. The fourth-order valence-corrected chi connectivity index (χ4v) is 2.55. The number of halogens is 1. The van der Waals surface area contributed by atoms with Crippen LogP contribution in [0.3, 0.4) is 0 Å². The van der Waals surface area contributed by atoms with Gasteiger partial charge in [0, 0.05) is 18.8 Å². The maximum absolute atomic E-state index is 12.8. The van der Waals surface area contributed by atoms with Crippen LogP contribution in [0.1, 0.15) is 23.0 Å². The minimum atomic E-state index is -0.749. The summed E-state index contributed by atoms with van der Waals surface area (Å²) in [6.45, 7) is 1.23. The third kappa shape index (κ3) is 6.30. The number of benzene rings is 1. The van der Waals surface area contributed by atoms with Crippen molar-refractivity contribution in [1.29, 1.82) is 0 Å². The number of hydrogen-bond acceptors (Lipinski definition) is 6. The van der Waals surface area contributed by atoms with Gasteiger partial charge in [0.05, 0.1) is 0 Å². The molecular formula is C16H16FN3O4S. The third-order valence-corrected chi connectivity index (χ3v) is 3.74. The van der Waals surface area contributed by atoms with Gasteiger partial charge >= 0.3 is 5.97 Å². The zero-order valence-electron chi connectivity index (χ0n) is 13.4. The Bertz CT molecular complexity index is 761. The fraction of sp³-hybridized carbons (Fsp3) is 0.250. The van der Waals surface area contributed by atoms with Gasteiger partial charge in [0.25, 0.3) is 5.91 Å². The second-order valence-electron chi connectivity index (χ2n) is 5.02. The van der Waals surface area contributed by atoms with Crippen molar-refractivity contribution < 1.29 is 23.5 Å². The first kappa shape index (κ1) is 18.5. The van der Waals surface area contributed by atoms with Crippen molar-refractivity contribution in [3.8, 4) is 0 Å². The molecule has 0 spiro atoms. The van der Waals surface area contributed by atoms with E-state index >= 15 is 0 Å². The molecule has 2 rings (SSSR count). The first-order valence-corrected chi connectivity index (χ1v) is 8.23. The summed E-state index contributed by atoms with van der Waals surface area (Å²) in [5, 5.41) is 6.76. The van der Waals surface area contributed by atoms with E-state index in [-0.39, 0.29) is 22.5 Å². The molecule has 2 aromatic rings. The third-order valence-electron chi connectivity index (χ3n) is 2.98. The van der Waals surface area contributed by atoms with Crippen molar-refractivity contribution in [2.24, 2.45) is 0 Å². The zero-order valence-corrected chi connectivity index (χ0v) is 14.2. The van der Waals surface area contributed by atoms with Crippen molar-refractivity contribution >= 4 is 34.3 Å². The molecule has 132 valence electrons. The van der Waals surface area contributed by atoms with Gasteiger partial charge < -0.3 is 15.4 Å². The van der Waals surface area contributed by atoms with Gasteiger partial charge in [-0.25, -0.2) is 14.2 Å². The predicted octanol–water partition coefficient (Wildman–Crippen LogP) is 1.76. The summed E-state index contributed by atoms with van der Waals surface area (Å²) in [5.41, 5.74) is 0.902. The SMILES string of the molecule is CC(=O)Nc1nc(C(=O)OCC(=O)NCCc2ccc(F)cc2)cs1. The molecule has 0 aliphatic heterocycles. The van der Waals surface area contributed by atoms with Crippen LogP contribution in [0.4, 0.5) is 9.52 Å². The summed E-state index contributed by atoms with van der Waals surface area (Å²) in [7, 11) is 0. The van der Waals surface area contributed by atoms with Gasteiger partial charge in [0.2, 0.25) is 5.91 Å². The fourth-order valence-electron chi connectivity index (χ4n) is 1.83. The lowest BCUT2D eigenvalue weighted by atomic mass is 10.1. The highest BCUT2D eigenvalue weighted by molar-refractivity contribution is 7.14. The van der Waals surface area contributed by atoms with E-state index in [0.717, 1.165) is 16.9 Å². The molecule has 2 N–H and O–H groups in total. The second kappa shape index (κ2) is 8.88. The smallest absolute Gasteiger partial charge is 0.358 e. The van der Waals surface area contributed by atoms with E-state index in [4.69, 9.17) is 4.74 Å². The average molecular weight is 365 g/mol. The maximum Gasteiger partial charge on any atom is 0.358 e. The minimum Gasteiger partial charge on any atom is -0.451 e. The number of nitrogens with one attached hydrogen (secondary N) is 2. The number of nitrogens with zero attached hydrogens (tertiary/aromatic N) is 1. The Morgan fingerprint density at radius 1 is 1.24 bits per heavy atom. The summed E-state index contributed by atoms with van der Waals surface area (Å²) in [6.07, 6.45) is 0.534. The molecule has 1 heterocycles. The van der Waals surface area contributed by atoms with E-state index in [1.165, 1.54) is 24.4 Å². The largest absolute Gasteiger partial charge is 0.451 e. The molecule has 25 heavy (non-hydrogen) atoms. The van der Waals surface area contributed by atoms with Crippen LogP contribution in [0.5, 0.6) is 0 Å². The Balaban J connectivity index is 1.70. The number of rotatable bonds is 7. The molecule has 0 saturated heterocycles. The molecule has 0 radical (unpaired) electrons. The molecule has 0 unspecified atom stereocenters. The summed E-state index contributed by atoms with van der Waals surface area (Å²) >= 11 is 1.08. The summed E-state index contributed by atoms with van der Waals surface area (Å²) < 4.78 is 17.6. The highest BCUT2D eigenvalue weighted by Crippen LogP contribution is 2.15. The predicted molar refractivity (Wildman–Crippen MR) is 89.8 cm³/mol. The molecule has 2 amide bonds. The van der Waals surface area contributed by atoms with Gasteiger partial charge in [-0.15, -0.1) is 11.3 Å². The number of carbonyl (C=O) groups is 3. The molecule has 0 aliphatic carbocycles. The molecule has 0 fully saturated rings. The summed E-state index contributed by atoms with van der Waals surface area (Å²) in [4.78, 5) is 38.2. The van der Waals surface area contributed by atoms with Gasteiger partial charge in [0.1, 0.15) is 5.82 Å². The quantitative estimate of drug-likeness (QED) is 0.729. The van der Waals surface area contributed by atoms with Crippen molar-refractivity contribution in [2.75, 3.05) is 18.5 Å². The minimum absolute atomic E-state index is 0.0212. The average Bonchev–Trinajstić information content (AvgIpc) is 3.02. The Morgan fingerprint density at radius 2 is 1.96 bits per heavy atom. The summed E-state index contributed by atoms with van der Waals surface area (Å²) in [6, 6.07) is 5.97. The normalized spacial score (nSPS) is 10.2. The van der Waals surface area contributed by atoms with Crippen LogP contribution in [-0.4, -0.2) is 35.9 Å². The highest BCUT2D eigenvalue weighted by atomic mass is 32.1. The molecule has 0 aliphatic rings. The number of aromatic nitrogens is 1. The van der Waals surface area contributed by atoms with E-state index in [2.05, 4.69) is 15.6 Å². The first-order chi connectivity index (χ1) is 11.9. The summed E-state index contributed by atoms with van der Waals surface area (Å²) in [5.74, 6) is -1.81. The molecule has 7 nitrogen and oxygen atoms in total. The van der Waals surface area contributed by atoms with Crippen molar-refractivity contribution in [2.45, 2.75) is 13.3 Å². The lowest BCUT2D eigenvalue weighted by Crippen LogP contribution is -2.30. The van der Waals surface area contributed by atoms with Crippen LogP contribution >= 0.6 is 11.3 Å². The van der Waals surface area contributed by atoms with E-state index in [9.17, 15) is 18.8 Å². The molecule has 1 aromatic carbocycles. The van der Waals surface area contributed by atoms with Crippen molar-refractivity contribution in [3.05, 3.63) is 46.7 Å².